The topological polar surface area (TPSA) is 115 Å². The molecule has 9 nitrogen and oxygen atoms in total. The molecule has 1 N–H and O–H groups in total. The number of non-ortho nitro benzene ring substituents is 1. The number of benzene rings is 1. The maximum atomic E-state index is 12.2. The van der Waals surface area contributed by atoms with Crippen molar-refractivity contribution in [1.29, 1.82) is 0 Å². The first-order chi connectivity index (χ1) is 14.1. The summed E-state index contributed by atoms with van der Waals surface area (Å²) in [5.41, 5.74) is 1.51. The summed E-state index contributed by atoms with van der Waals surface area (Å²) in [5, 5.41) is 21.7. The smallest absolute Gasteiger partial charge is 0.269 e. The second-order valence-electron chi connectivity index (χ2n) is 5.81. The van der Waals surface area contributed by atoms with Crippen molar-refractivity contribution in [1.82, 2.24) is 9.88 Å². The van der Waals surface area contributed by atoms with E-state index in [1.54, 1.807) is 30.3 Å². The molecule has 0 spiro atoms. The Morgan fingerprint density at radius 3 is 2.72 bits per heavy atom. The average molecular weight is 407 g/mol. The van der Waals surface area contributed by atoms with E-state index in [1.165, 1.54) is 36.4 Å². The number of nitrogens with one attached hydrogen (secondary N) is 1. The van der Waals surface area contributed by atoms with Crippen molar-refractivity contribution in [3.05, 3.63) is 87.5 Å². The van der Waals surface area contributed by atoms with Gasteiger partial charge in [-0.25, -0.2) is 0 Å². The minimum absolute atomic E-state index is 0.0162. The predicted octanol–water partition coefficient (Wildman–Crippen LogP) is 3.57. The van der Waals surface area contributed by atoms with Crippen LogP contribution in [0.4, 0.5) is 5.69 Å². The number of thioether (sulfide) groups is 1. The van der Waals surface area contributed by atoms with Crippen LogP contribution < -0.4 is 5.32 Å². The minimum atomic E-state index is -0.447. The molecule has 1 fully saturated rings. The second-order valence-corrected chi connectivity index (χ2v) is 6.84. The number of nitrogens with zero attached hydrogens (tertiary/aromatic N) is 4. The van der Waals surface area contributed by atoms with E-state index in [0.29, 0.717) is 15.8 Å². The van der Waals surface area contributed by atoms with Crippen LogP contribution in [-0.4, -0.2) is 26.8 Å². The number of nitro groups is 1. The fraction of sp³-hybridized carbons (Fsp3) is 0. The summed E-state index contributed by atoms with van der Waals surface area (Å²) in [4.78, 5) is 23.1. The molecule has 0 bridgehead atoms. The Hall–Kier alpha value is -3.92. The van der Waals surface area contributed by atoms with Gasteiger partial charge in [0.05, 0.1) is 22.3 Å². The van der Waals surface area contributed by atoms with E-state index in [1.807, 2.05) is 22.9 Å². The number of furan rings is 1. The summed E-state index contributed by atoms with van der Waals surface area (Å²) in [6.07, 6.45) is 6.51. The highest BCUT2D eigenvalue weighted by Gasteiger charge is 2.24. The van der Waals surface area contributed by atoms with E-state index in [9.17, 15) is 14.9 Å². The molecular weight excluding hydrogens is 394 g/mol. The summed E-state index contributed by atoms with van der Waals surface area (Å²) >= 11 is 1.17. The van der Waals surface area contributed by atoms with Crippen molar-refractivity contribution >= 4 is 40.8 Å². The van der Waals surface area contributed by atoms with Gasteiger partial charge >= 0.3 is 0 Å². The van der Waals surface area contributed by atoms with Crippen LogP contribution in [0.5, 0.6) is 0 Å². The van der Waals surface area contributed by atoms with E-state index in [0.717, 1.165) is 11.4 Å². The van der Waals surface area contributed by atoms with Crippen molar-refractivity contribution in [3.63, 3.8) is 0 Å². The molecule has 10 heteroatoms. The molecule has 0 atom stereocenters. The number of rotatable bonds is 5. The normalized spacial score (nSPS) is 16.8. The fourth-order valence-electron chi connectivity index (χ4n) is 2.59. The van der Waals surface area contributed by atoms with Crippen LogP contribution in [0.3, 0.4) is 0 Å². The fourth-order valence-corrected chi connectivity index (χ4v) is 3.36. The van der Waals surface area contributed by atoms with Crippen LogP contribution in [0.1, 0.15) is 11.5 Å². The molecular formula is C19H13N5O4S. The number of amidine groups is 1. The Morgan fingerprint density at radius 1 is 1.17 bits per heavy atom. The Labute approximate surface area is 168 Å². The van der Waals surface area contributed by atoms with Crippen molar-refractivity contribution in [2.24, 2.45) is 10.2 Å². The number of hydrogen-bond donors (Lipinski definition) is 1. The summed E-state index contributed by atoms with van der Waals surface area (Å²) in [7, 11) is 0. The SMILES string of the molecule is O=C1NC(=NN=Cc2ccco2)SC1=Cc1cccn1-c1ccc([N+](=O)[O-])cc1. The van der Waals surface area contributed by atoms with Crippen LogP contribution in [0, 0.1) is 10.1 Å². The van der Waals surface area contributed by atoms with Crippen molar-refractivity contribution < 1.29 is 14.1 Å². The van der Waals surface area contributed by atoms with E-state index in [-0.39, 0.29) is 11.6 Å². The molecule has 1 aliphatic rings. The minimum Gasteiger partial charge on any atom is -0.463 e. The van der Waals surface area contributed by atoms with Gasteiger partial charge in [-0.3, -0.25) is 20.2 Å². The summed E-state index contributed by atoms with van der Waals surface area (Å²) in [6.45, 7) is 0. The van der Waals surface area contributed by atoms with Crippen molar-refractivity contribution in [3.8, 4) is 5.69 Å². The first-order valence-corrected chi connectivity index (χ1v) is 9.19. The highest BCUT2D eigenvalue weighted by atomic mass is 32.2. The van der Waals surface area contributed by atoms with Gasteiger partial charge < -0.3 is 8.98 Å². The van der Waals surface area contributed by atoms with Crippen LogP contribution in [0.2, 0.25) is 0 Å². The molecule has 144 valence electrons. The number of aromatic nitrogens is 1. The first kappa shape index (κ1) is 18.4. The van der Waals surface area contributed by atoms with Crippen LogP contribution >= 0.6 is 11.8 Å². The summed E-state index contributed by atoms with van der Waals surface area (Å²) in [6, 6.07) is 13.3. The number of hydrogen-bond acceptors (Lipinski definition) is 7. The van der Waals surface area contributed by atoms with Gasteiger partial charge in [0.25, 0.3) is 11.6 Å². The van der Waals surface area contributed by atoms with E-state index < -0.39 is 4.92 Å². The maximum Gasteiger partial charge on any atom is 0.269 e. The first-order valence-electron chi connectivity index (χ1n) is 8.38. The average Bonchev–Trinajstić information content (AvgIpc) is 3.45. The van der Waals surface area contributed by atoms with Gasteiger partial charge in [0.2, 0.25) is 0 Å². The predicted molar refractivity (Wildman–Crippen MR) is 110 cm³/mol. The lowest BCUT2D eigenvalue weighted by atomic mass is 10.2. The molecule has 0 radical (unpaired) electrons. The highest BCUT2D eigenvalue weighted by molar-refractivity contribution is 8.18. The molecule has 4 rings (SSSR count). The number of carbonyl (C=O) groups excluding carboxylic acids is 1. The molecule has 3 heterocycles. The van der Waals surface area contributed by atoms with Gasteiger partial charge in [0.1, 0.15) is 5.76 Å². The monoisotopic (exact) mass is 407 g/mol. The number of nitro benzene ring substituents is 1. The third-order valence-corrected chi connectivity index (χ3v) is 4.83. The van der Waals surface area contributed by atoms with Gasteiger partial charge in [0.15, 0.2) is 5.17 Å². The van der Waals surface area contributed by atoms with Gasteiger partial charge in [-0.1, -0.05) is 0 Å². The van der Waals surface area contributed by atoms with Gasteiger partial charge in [-0.2, -0.15) is 5.10 Å². The van der Waals surface area contributed by atoms with Crippen LogP contribution in [0.25, 0.3) is 11.8 Å². The van der Waals surface area contributed by atoms with Gasteiger partial charge in [0, 0.05) is 29.7 Å². The molecule has 1 saturated heterocycles. The molecule has 0 saturated carbocycles. The summed E-state index contributed by atoms with van der Waals surface area (Å²) < 4.78 is 6.95. The molecule has 0 aliphatic carbocycles. The molecule has 1 amide bonds. The number of amides is 1. The van der Waals surface area contributed by atoms with Crippen molar-refractivity contribution in [2.45, 2.75) is 0 Å². The second kappa shape index (κ2) is 7.98. The van der Waals surface area contributed by atoms with E-state index >= 15 is 0 Å². The van der Waals surface area contributed by atoms with E-state index in [2.05, 4.69) is 15.5 Å². The Bertz CT molecular complexity index is 1140. The lowest BCUT2D eigenvalue weighted by Gasteiger charge is -2.06. The Balaban J connectivity index is 1.53. The highest BCUT2D eigenvalue weighted by Crippen LogP contribution is 2.27. The summed E-state index contributed by atoms with van der Waals surface area (Å²) in [5.74, 6) is 0.277. The molecule has 0 unspecified atom stereocenters. The van der Waals surface area contributed by atoms with E-state index in [4.69, 9.17) is 4.42 Å². The van der Waals surface area contributed by atoms with Gasteiger partial charge in [-0.05, 0) is 54.2 Å². The third-order valence-electron chi connectivity index (χ3n) is 3.93. The zero-order valence-electron chi connectivity index (χ0n) is 14.8. The molecule has 29 heavy (non-hydrogen) atoms. The molecule has 3 aromatic rings. The zero-order valence-corrected chi connectivity index (χ0v) is 15.6. The molecule has 1 aromatic carbocycles. The maximum absolute atomic E-state index is 12.2. The third kappa shape index (κ3) is 4.17. The largest absolute Gasteiger partial charge is 0.463 e. The standard InChI is InChI=1S/C19H13N5O4S/c25-18-17(29-19(21-18)22-20-12-16-4-2-10-28-16)11-15-3-1-9-23(15)13-5-7-14(8-6-13)24(26)27/h1-12H,(H,21,22,25). The zero-order chi connectivity index (χ0) is 20.2. The van der Waals surface area contributed by atoms with Crippen LogP contribution in [-0.2, 0) is 4.79 Å². The lowest BCUT2D eigenvalue weighted by molar-refractivity contribution is -0.384. The lowest BCUT2D eigenvalue weighted by Crippen LogP contribution is -2.19. The molecule has 2 aromatic heterocycles. The van der Waals surface area contributed by atoms with Crippen molar-refractivity contribution in [2.75, 3.05) is 0 Å². The molecule has 1 aliphatic heterocycles. The van der Waals surface area contributed by atoms with Gasteiger partial charge in [-0.15, -0.1) is 5.10 Å². The number of carbonyl (C=O) groups is 1. The van der Waals surface area contributed by atoms with Crippen LogP contribution in [0.15, 0.2) is 80.5 Å². The quantitative estimate of drug-likeness (QED) is 0.300. The Kier molecular flexibility index (Phi) is 5.08. The Morgan fingerprint density at radius 2 is 2.00 bits per heavy atom.